The fourth-order valence-electron chi connectivity index (χ4n) is 4.16. The Kier molecular flexibility index (Phi) is 3.44. The molecule has 0 aliphatic heterocycles. The molecule has 92 valence electrons. The van der Waals surface area contributed by atoms with E-state index in [1.165, 1.54) is 12.8 Å². The molecular formula is C15H26O. The zero-order valence-corrected chi connectivity index (χ0v) is 11.1. The van der Waals surface area contributed by atoms with Gasteiger partial charge < -0.3 is 5.11 Å². The average molecular weight is 222 g/mol. The maximum absolute atomic E-state index is 10.4. The molecule has 1 nitrogen and oxygen atoms in total. The van der Waals surface area contributed by atoms with Gasteiger partial charge in [-0.2, -0.15) is 0 Å². The van der Waals surface area contributed by atoms with Gasteiger partial charge in [0.05, 0.1) is 6.10 Å². The highest BCUT2D eigenvalue weighted by Gasteiger charge is 2.42. The highest BCUT2D eigenvalue weighted by molar-refractivity contribution is 5.21. The standard InChI is InChI=1S/C15H26O/c1-5-12-10(3)8-11(4)13-6-9(2)7-14(16)15(12)13/h6,9-12,14-16H,5,7-8H2,1-4H3/t9-,10-,11?,12-,14-,15+/m0/s1. The van der Waals surface area contributed by atoms with Crippen molar-refractivity contribution in [2.45, 2.75) is 53.1 Å². The SMILES string of the molecule is CC[C@@H]1[C@@H]2C(=C[C@H](C)C[C@@H]2O)C(C)C[C@@H]1C. The summed E-state index contributed by atoms with van der Waals surface area (Å²) in [6.45, 7) is 9.22. The lowest BCUT2D eigenvalue weighted by molar-refractivity contribution is 0.0239. The van der Waals surface area contributed by atoms with Crippen LogP contribution >= 0.6 is 0 Å². The van der Waals surface area contributed by atoms with Crippen LogP contribution in [0, 0.1) is 29.6 Å². The summed E-state index contributed by atoms with van der Waals surface area (Å²) in [5.74, 6) is 3.17. The second-order valence-electron chi connectivity index (χ2n) is 6.16. The normalized spacial score (nSPS) is 48.4. The van der Waals surface area contributed by atoms with Crippen molar-refractivity contribution in [2.75, 3.05) is 0 Å². The van der Waals surface area contributed by atoms with E-state index in [-0.39, 0.29) is 6.10 Å². The van der Waals surface area contributed by atoms with Crippen LogP contribution in [0.1, 0.15) is 47.0 Å². The van der Waals surface area contributed by atoms with Gasteiger partial charge in [0.1, 0.15) is 0 Å². The quantitative estimate of drug-likeness (QED) is 0.672. The van der Waals surface area contributed by atoms with E-state index in [0.717, 1.165) is 12.3 Å². The van der Waals surface area contributed by atoms with E-state index < -0.39 is 0 Å². The van der Waals surface area contributed by atoms with Gasteiger partial charge in [-0.15, -0.1) is 0 Å². The maximum atomic E-state index is 10.4. The lowest BCUT2D eigenvalue weighted by Crippen LogP contribution is -2.42. The molecule has 2 aliphatic carbocycles. The number of hydrogen-bond donors (Lipinski definition) is 1. The molecule has 0 aromatic carbocycles. The van der Waals surface area contributed by atoms with Crippen molar-refractivity contribution in [1.29, 1.82) is 0 Å². The van der Waals surface area contributed by atoms with E-state index in [9.17, 15) is 5.11 Å². The zero-order valence-electron chi connectivity index (χ0n) is 11.1. The Morgan fingerprint density at radius 1 is 1.25 bits per heavy atom. The predicted molar refractivity (Wildman–Crippen MR) is 68.1 cm³/mol. The molecule has 0 amide bonds. The minimum atomic E-state index is -0.0925. The number of fused-ring (bicyclic) bond motifs is 1. The van der Waals surface area contributed by atoms with Gasteiger partial charge in [0.15, 0.2) is 0 Å². The van der Waals surface area contributed by atoms with Crippen molar-refractivity contribution in [3.8, 4) is 0 Å². The predicted octanol–water partition coefficient (Wildman–Crippen LogP) is 3.63. The Balaban J connectivity index is 2.32. The second-order valence-corrected chi connectivity index (χ2v) is 6.16. The summed E-state index contributed by atoms with van der Waals surface area (Å²) in [6.07, 6.45) is 5.84. The number of hydrogen-bond acceptors (Lipinski definition) is 1. The lowest BCUT2D eigenvalue weighted by Gasteiger charge is -2.46. The van der Waals surface area contributed by atoms with Crippen LogP contribution in [0.15, 0.2) is 11.6 Å². The van der Waals surface area contributed by atoms with Crippen molar-refractivity contribution in [1.82, 2.24) is 0 Å². The van der Waals surface area contributed by atoms with E-state index in [0.29, 0.717) is 23.7 Å². The molecule has 1 fully saturated rings. The van der Waals surface area contributed by atoms with Gasteiger partial charge in [0.25, 0.3) is 0 Å². The Morgan fingerprint density at radius 3 is 2.56 bits per heavy atom. The minimum absolute atomic E-state index is 0.0925. The van der Waals surface area contributed by atoms with Gasteiger partial charge in [-0.1, -0.05) is 45.8 Å². The maximum Gasteiger partial charge on any atom is 0.0613 e. The summed E-state index contributed by atoms with van der Waals surface area (Å²) in [4.78, 5) is 0. The zero-order chi connectivity index (χ0) is 11.9. The summed E-state index contributed by atoms with van der Waals surface area (Å²) in [5.41, 5.74) is 1.57. The van der Waals surface area contributed by atoms with Crippen molar-refractivity contribution in [2.24, 2.45) is 29.6 Å². The van der Waals surface area contributed by atoms with Gasteiger partial charge in [-0.25, -0.2) is 0 Å². The molecule has 1 N–H and O–H groups in total. The van der Waals surface area contributed by atoms with E-state index in [1.54, 1.807) is 5.57 Å². The van der Waals surface area contributed by atoms with Gasteiger partial charge in [0, 0.05) is 5.92 Å². The van der Waals surface area contributed by atoms with Crippen LogP contribution < -0.4 is 0 Å². The smallest absolute Gasteiger partial charge is 0.0613 e. The van der Waals surface area contributed by atoms with Crippen molar-refractivity contribution >= 4 is 0 Å². The number of allylic oxidation sites excluding steroid dienone is 1. The molecule has 2 rings (SSSR count). The highest BCUT2D eigenvalue weighted by Crippen LogP contribution is 2.48. The van der Waals surface area contributed by atoms with E-state index in [4.69, 9.17) is 0 Å². The molecule has 0 bridgehead atoms. The Labute approximate surface area is 99.9 Å². The first kappa shape index (κ1) is 12.2. The van der Waals surface area contributed by atoms with E-state index >= 15 is 0 Å². The molecule has 0 radical (unpaired) electrons. The number of rotatable bonds is 1. The number of aliphatic hydroxyl groups excluding tert-OH is 1. The van der Waals surface area contributed by atoms with Crippen LogP contribution in [0.2, 0.25) is 0 Å². The third-order valence-corrected chi connectivity index (χ3v) is 4.85. The van der Waals surface area contributed by atoms with E-state index in [1.807, 2.05) is 0 Å². The van der Waals surface area contributed by atoms with Crippen LogP contribution in [-0.2, 0) is 0 Å². The molecule has 1 unspecified atom stereocenters. The third kappa shape index (κ3) is 1.95. The van der Waals surface area contributed by atoms with Crippen LogP contribution in [0.25, 0.3) is 0 Å². The first-order valence-corrected chi connectivity index (χ1v) is 6.94. The Bertz CT molecular complexity index is 281. The second kappa shape index (κ2) is 4.52. The fourth-order valence-corrected chi connectivity index (χ4v) is 4.16. The molecule has 2 aliphatic rings. The van der Waals surface area contributed by atoms with Crippen LogP contribution in [0.5, 0.6) is 0 Å². The summed E-state index contributed by atoms with van der Waals surface area (Å²) in [6, 6.07) is 0. The molecule has 0 saturated heterocycles. The average Bonchev–Trinajstić information content (AvgIpc) is 2.20. The molecule has 0 aromatic heterocycles. The molecule has 16 heavy (non-hydrogen) atoms. The summed E-state index contributed by atoms with van der Waals surface area (Å²) in [5, 5.41) is 10.4. The first-order chi connectivity index (χ1) is 7.54. The topological polar surface area (TPSA) is 20.2 Å². The summed E-state index contributed by atoms with van der Waals surface area (Å²) >= 11 is 0. The van der Waals surface area contributed by atoms with Crippen LogP contribution in [0.4, 0.5) is 0 Å². The fraction of sp³-hybridized carbons (Fsp3) is 0.867. The largest absolute Gasteiger partial charge is 0.392 e. The van der Waals surface area contributed by atoms with Crippen molar-refractivity contribution in [3.63, 3.8) is 0 Å². The molecule has 1 heteroatoms. The highest BCUT2D eigenvalue weighted by atomic mass is 16.3. The molecule has 0 heterocycles. The summed E-state index contributed by atoms with van der Waals surface area (Å²) < 4.78 is 0. The molecular weight excluding hydrogens is 196 g/mol. The van der Waals surface area contributed by atoms with Crippen LogP contribution in [-0.4, -0.2) is 11.2 Å². The van der Waals surface area contributed by atoms with E-state index in [2.05, 4.69) is 33.8 Å². The molecule has 1 saturated carbocycles. The van der Waals surface area contributed by atoms with Crippen molar-refractivity contribution in [3.05, 3.63) is 11.6 Å². The summed E-state index contributed by atoms with van der Waals surface area (Å²) in [7, 11) is 0. The third-order valence-electron chi connectivity index (χ3n) is 4.85. The molecule has 6 atom stereocenters. The van der Waals surface area contributed by atoms with Crippen molar-refractivity contribution < 1.29 is 5.11 Å². The Hall–Kier alpha value is -0.300. The molecule has 0 aromatic rings. The van der Waals surface area contributed by atoms with Gasteiger partial charge >= 0.3 is 0 Å². The van der Waals surface area contributed by atoms with Gasteiger partial charge in [0.2, 0.25) is 0 Å². The minimum Gasteiger partial charge on any atom is -0.392 e. The lowest BCUT2D eigenvalue weighted by atomic mass is 9.60. The monoisotopic (exact) mass is 222 g/mol. The molecule has 0 spiro atoms. The number of aliphatic hydroxyl groups is 1. The first-order valence-electron chi connectivity index (χ1n) is 6.94. The van der Waals surface area contributed by atoms with Gasteiger partial charge in [-0.3, -0.25) is 0 Å². The van der Waals surface area contributed by atoms with Crippen LogP contribution in [0.3, 0.4) is 0 Å². The Morgan fingerprint density at radius 2 is 1.94 bits per heavy atom. The van der Waals surface area contributed by atoms with Gasteiger partial charge in [-0.05, 0) is 36.5 Å².